The van der Waals surface area contributed by atoms with E-state index in [0.717, 1.165) is 61.6 Å². The Morgan fingerprint density at radius 3 is 2.67 bits per heavy atom. The van der Waals surface area contributed by atoms with Crippen molar-refractivity contribution in [1.29, 1.82) is 0 Å². The number of anilines is 1. The summed E-state index contributed by atoms with van der Waals surface area (Å²) in [6.45, 7) is 0. The highest BCUT2D eigenvalue weighted by atomic mass is 19.1. The van der Waals surface area contributed by atoms with Crippen LogP contribution in [0.4, 0.5) is 10.2 Å². The lowest BCUT2D eigenvalue weighted by molar-refractivity contribution is 0.0325. The molecule has 2 aliphatic heterocycles. The summed E-state index contributed by atoms with van der Waals surface area (Å²) in [6.07, 6.45) is 6.76. The Morgan fingerprint density at radius 2 is 1.93 bits per heavy atom. The van der Waals surface area contributed by atoms with E-state index in [9.17, 15) is 10.2 Å². The monoisotopic (exact) mass is 411 g/mol. The highest BCUT2D eigenvalue weighted by Gasteiger charge is 2.40. The normalized spacial score (nSPS) is 29.8. The Labute approximate surface area is 174 Å². The Morgan fingerprint density at radius 1 is 1.07 bits per heavy atom. The number of benzene rings is 1. The number of nitrogens with zero attached hydrogens (tertiary/aromatic N) is 2. The molecule has 3 N–H and O–H groups in total. The summed E-state index contributed by atoms with van der Waals surface area (Å²) < 4.78 is 21.3. The first kappa shape index (κ1) is 18.5. The molecule has 30 heavy (non-hydrogen) atoms. The average Bonchev–Trinajstić information content (AvgIpc) is 3.41. The van der Waals surface area contributed by atoms with Crippen LogP contribution in [0.3, 0.4) is 0 Å². The maximum Gasteiger partial charge on any atom is 0.155 e. The molecule has 2 aliphatic carbocycles. The van der Waals surface area contributed by atoms with E-state index in [1.54, 1.807) is 6.07 Å². The van der Waals surface area contributed by atoms with Crippen molar-refractivity contribution < 1.29 is 19.3 Å². The first-order chi connectivity index (χ1) is 14.6. The summed E-state index contributed by atoms with van der Waals surface area (Å²) in [5.74, 6) is 0.464. The second kappa shape index (κ2) is 6.89. The summed E-state index contributed by atoms with van der Waals surface area (Å²) in [6, 6.07) is 3.16. The first-order valence-electron chi connectivity index (χ1n) is 11.1. The Kier molecular flexibility index (Phi) is 4.25. The van der Waals surface area contributed by atoms with Gasteiger partial charge in [-0.3, -0.25) is 0 Å². The molecule has 2 saturated carbocycles. The molecule has 3 heterocycles. The van der Waals surface area contributed by atoms with Crippen LogP contribution in [-0.2, 0) is 11.2 Å². The summed E-state index contributed by atoms with van der Waals surface area (Å²) in [5.41, 5.74) is 3.23. The molecule has 2 unspecified atom stereocenters. The second-order valence-electron chi connectivity index (χ2n) is 9.24. The molecule has 158 valence electrons. The van der Waals surface area contributed by atoms with Crippen LogP contribution in [0.25, 0.3) is 11.3 Å². The van der Waals surface area contributed by atoms with Crippen LogP contribution in [0.1, 0.15) is 73.7 Å². The number of phenols is 1. The Bertz CT molecular complexity index is 986. The number of phenolic OH excluding ortho intramolecular Hbond substituents is 1. The molecule has 1 aromatic carbocycles. The van der Waals surface area contributed by atoms with Crippen molar-refractivity contribution in [3.05, 3.63) is 34.6 Å². The van der Waals surface area contributed by atoms with Crippen LogP contribution in [0, 0.1) is 5.82 Å². The van der Waals surface area contributed by atoms with Gasteiger partial charge in [-0.25, -0.2) is 4.39 Å². The average molecular weight is 411 g/mol. The van der Waals surface area contributed by atoms with Gasteiger partial charge in [0.15, 0.2) is 5.82 Å². The number of hydrogen-bond donors (Lipinski definition) is 3. The maximum atomic E-state index is 15.1. The molecule has 0 amide bonds. The van der Waals surface area contributed by atoms with E-state index in [1.165, 1.54) is 6.07 Å². The molecule has 7 heteroatoms. The predicted octanol–water partition coefficient (Wildman–Crippen LogP) is 3.97. The molecule has 6 rings (SSSR count). The van der Waals surface area contributed by atoms with Gasteiger partial charge in [-0.2, -0.15) is 0 Å². The van der Waals surface area contributed by atoms with Crippen LogP contribution in [-0.4, -0.2) is 38.7 Å². The molecule has 3 fully saturated rings. The minimum absolute atomic E-state index is 0.0589. The van der Waals surface area contributed by atoms with Crippen molar-refractivity contribution in [2.24, 2.45) is 0 Å². The molecule has 4 atom stereocenters. The van der Waals surface area contributed by atoms with Crippen molar-refractivity contribution >= 4 is 5.82 Å². The predicted molar refractivity (Wildman–Crippen MR) is 109 cm³/mol. The summed E-state index contributed by atoms with van der Waals surface area (Å²) >= 11 is 0. The zero-order chi connectivity index (χ0) is 20.4. The Balaban J connectivity index is 1.46. The van der Waals surface area contributed by atoms with Crippen LogP contribution in [0.2, 0.25) is 0 Å². The van der Waals surface area contributed by atoms with Crippen molar-refractivity contribution in [2.75, 3.05) is 5.32 Å². The van der Waals surface area contributed by atoms with Gasteiger partial charge in [0.05, 0.1) is 29.9 Å². The van der Waals surface area contributed by atoms with E-state index < -0.39 is 11.9 Å². The van der Waals surface area contributed by atoms with E-state index >= 15 is 4.39 Å². The van der Waals surface area contributed by atoms with Gasteiger partial charge < -0.3 is 20.3 Å². The lowest BCUT2D eigenvalue weighted by atomic mass is 9.92. The second-order valence-corrected chi connectivity index (χ2v) is 9.24. The van der Waals surface area contributed by atoms with E-state index in [0.29, 0.717) is 23.9 Å². The molecule has 1 saturated heterocycles. The topological polar surface area (TPSA) is 87.5 Å². The van der Waals surface area contributed by atoms with Crippen molar-refractivity contribution in [2.45, 2.75) is 81.6 Å². The first-order valence-corrected chi connectivity index (χ1v) is 11.1. The van der Waals surface area contributed by atoms with Crippen molar-refractivity contribution in [3.8, 4) is 17.0 Å². The van der Waals surface area contributed by atoms with Crippen LogP contribution >= 0.6 is 0 Å². The largest absolute Gasteiger partial charge is 0.507 e. The number of rotatable bonds is 4. The van der Waals surface area contributed by atoms with Gasteiger partial charge in [0.25, 0.3) is 0 Å². The van der Waals surface area contributed by atoms with Gasteiger partial charge in [-0.15, -0.1) is 10.2 Å². The van der Waals surface area contributed by atoms with E-state index in [2.05, 4.69) is 15.5 Å². The van der Waals surface area contributed by atoms with Crippen molar-refractivity contribution in [3.63, 3.8) is 0 Å². The third-order valence-corrected chi connectivity index (χ3v) is 7.16. The number of fused-ring (bicyclic) bond motifs is 4. The fourth-order valence-electron chi connectivity index (χ4n) is 5.43. The number of ether oxygens (including phenoxy) is 1. The van der Waals surface area contributed by atoms with Crippen molar-refractivity contribution in [1.82, 2.24) is 10.2 Å². The fraction of sp³-hybridized carbons (Fsp3) is 0.565. The Hall–Kier alpha value is -2.25. The van der Waals surface area contributed by atoms with Crippen LogP contribution in [0.5, 0.6) is 5.75 Å². The SMILES string of the molecule is Oc1cc(C2CC2)cc(F)c1-c1nnc(N[C@@H]2CCC[C@H]2O)c2c1CC1CCC2O1. The van der Waals surface area contributed by atoms with Crippen LogP contribution in [0.15, 0.2) is 12.1 Å². The number of nitrogens with one attached hydrogen (secondary N) is 1. The van der Waals surface area contributed by atoms with E-state index in [-0.39, 0.29) is 29.6 Å². The number of aromatic hydroxyl groups is 1. The number of aliphatic hydroxyl groups is 1. The molecule has 0 spiro atoms. The molecule has 0 radical (unpaired) electrons. The molecular formula is C23H26FN3O3. The summed E-state index contributed by atoms with van der Waals surface area (Å²) in [7, 11) is 0. The number of aromatic nitrogens is 2. The lowest BCUT2D eigenvalue weighted by Crippen LogP contribution is -2.30. The van der Waals surface area contributed by atoms with Gasteiger partial charge in [-0.1, -0.05) is 0 Å². The van der Waals surface area contributed by atoms with Gasteiger partial charge in [0.1, 0.15) is 17.3 Å². The number of halogens is 1. The highest BCUT2D eigenvalue weighted by molar-refractivity contribution is 5.74. The highest BCUT2D eigenvalue weighted by Crippen LogP contribution is 2.49. The van der Waals surface area contributed by atoms with E-state index in [4.69, 9.17) is 4.74 Å². The van der Waals surface area contributed by atoms with Gasteiger partial charge in [0.2, 0.25) is 0 Å². The molecule has 1 aromatic heterocycles. The molecule has 6 nitrogen and oxygen atoms in total. The molecule has 2 bridgehead atoms. The van der Waals surface area contributed by atoms with Crippen LogP contribution < -0.4 is 5.32 Å². The molecule has 4 aliphatic rings. The lowest BCUT2D eigenvalue weighted by Gasteiger charge is -2.29. The quantitative estimate of drug-likeness (QED) is 0.706. The minimum atomic E-state index is -0.445. The minimum Gasteiger partial charge on any atom is -0.507 e. The summed E-state index contributed by atoms with van der Waals surface area (Å²) in [4.78, 5) is 0. The smallest absolute Gasteiger partial charge is 0.155 e. The zero-order valence-electron chi connectivity index (χ0n) is 16.8. The van der Waals surface area contributed by atoms with Gasteiger partial charge in [-0.05, 0) is 74.1 Å². The molecular weight excluding hydrogens is 385 g/mol. The summed E-state index contributed by atoms with van der Waals surface area (Å²) in [5, 5.41) is 33.1. The van der Waals surface area contributed by atoms with Gasteiger partial charge in [0, 0.05) is 12.0 Å². The third kappa shape index (κ3) is 2.98. The van der Waals surface area contributed by atoms with Gasteiger partial charge >= 0.3 is 0 Å². The standard InChI is InChI=1S/C23H26FN3O3/c24-15-8-12(11-4-5-11)9-18(29)21(15)22-14-10-13-6-7-19(30-13)20(14)23(27-26-22)25-16-2-1-3-17(16)28/h8-9,11,13,16-17,19,28-29H,1-7,10H2,(H,25,27)/t13?,16-,17-,19?/m1/s1. The maximum absolute atomic E-state index is 15.1. The fourth-order valence-corrected chi connectivity index (χ4v) is 5.43. The number of hydrogen-bond acceptors (Lipinski definition) is 6. The molecule has 2 aromatic rings. The van der Waals surface area contributed by atoms with E-state index in [1.807, 2.05) is 0 Å². The zero-order valence-corrected chi connectivity index (χ0v) is 16.8. The number of aliphatic hydroxyl groups excluding tert-OH is 1. The third-order valence-electron chi connectivity index (χ3n) is 7.16.